The second-order valence-corrected chi connectivity index (χ2v) is 6.48. The molecule has 25 heavy (non-hydrogen) atoms. The van der Waals surface area contributed by atoms with Gasteiger partial charge in [-0.25, -0.2) is 0 Å². The molecular formula is C17H15N3O5. The van der Waals surface area contributed by atoms with Gasteiger partial charge in [0, 0.05) is 31.1 Å². The Labute approximate surface area is 142 Å². The summed E-state index contributed by atoms with van der Waals surface area (Å²) in [6.45, 7) is 1.17. The second-order valence-electron chi connectivity index (χ2n) is 6.48. The van der Waals surface area contributed by atoms with E-state index in [1.54, 1.807) is 18.2 Å². The fourth-order valence-corrected chi connectivity index (χ4v) is 3.47. The van der Waals surface area contributed by atoms with Crippen molar-refractivity contribution >= 4 is 35.6 Å². The summed E-state index contributed by atoms with van der Waals surface area (Å²) >= 11 is 0. The fourth-order valence-electron chi connectivity index (χ4n) is 3.47. The van der Waals surface area contributed by atoms with Crippen molar-refractivity contribution in [2.45, 2.75) is 18.9 Å². The lowest BCUT2D eigenvalue weighted by molar-refractivity contribution is -0.136. The van der Waals surface area contributed by atoms with E-state index in [1.807, 2.05) is 4.90 Å². The number of rotatable bonds is 3. The number of aldehydes is 1. The van der Waals surface area contributed by atoms with Crippen LogP contribution in [-0.4, -0.2) is 53.9 Å². The Hall–Kier alpha value is -3.03. The molecule has 1 unspecified atom stereocenters. The number of carbonyl (C=O) groups excluding carboxylic acids is 5. The molecule has 1 aromatic carbocycles. The average Bonchev–Trinajstić information content (AvgIpc) is 2.78. The zero-order chi connectivity index (χ0) is 17.7. The number of hydrogen-bond acceptors (Lipinski definition) is 6. The molecule has 8 heteroatoms. The molecule has 0 spiro atoms. The number of amides is 4. The summed E-state index contributed by atoms with van der Waals surface area (Å²) in [5, 5.41) is 2.17. The highest BCUT2D eigenvalue weighted by molar-refractivity contribution is 6.23. The maximum atomic E-state index is 12.7. The molecule has 3 heterocycles. The average molecular weight is 341 g/mol. The minimum Gasteiger partial charge on any atom is -0.370 e. The first-order valence-electron chi connectivity index (χ1n) is 8.05. The monoisotopic (exact) mass is 341 g/mol. The largest absolute Gasteiger partial charge is 0.370 e. The van der Waals surface area contributed by atoms with Crippen LogP contribution in [0.4, 0.5) is 5.69 Å². The summed E-state index contributed by atoms with van der Waals surface area (Å²) in [7, 11) is 0. The lowest BCUT2D eigenvalue weighted by atomic mass is 9.99. The van der Waals surface area contributed by atoms with E-state index in [4.69, 9.17) is 0 Å². The molecule has 0 aromatic heterocycles. The van der Waals surface area contributed by atoms with Crippen LogP contribution in [0.1, 0.15) is 33.6 Å². The van der Waals surface area contributed by atoms with Crippen molar-refractivity contribution in [3.8, 4) is 0 Å². The number of piperidine rings is 1. The number of hydrogen-bond donors (Lipinski definition) is 1. The lowest BCUT2D eigenvalue weighted by Gasteiger charge is -2.38. The third-order valence-corrected chi connectivity index (χ3v) is 4.89. The van der Waals surface area contributed by atoms with E-state index in [0.29, 0.717) is 13.1 Å². The van der Waals surface area contributed by atoms with Crippen LogP contribution >= 0.6 is 0 Å². The number of nitrogens with zero attached hydrogens (tertiary/aromatic N) is 2. The maximum Gasteiger partial charge on any atom is 0.262 e. The number of fused-ring (bicyclic) bond motifs is 1. The third-order valence-electron chi connectivity index (χ3n) is 4.89. The number of nitrogens with one attached hydrogen (secondary N) is 1. The van der Waals surface area contributed by atoms with Crippen LogP contribution < -0.4 is 10.2 Å². The molecule has 0 bridgehead atoms. The van der Waals surface area contributed by atoms with Gasteiger partial charge in [-0.1, -0.05) is 0 Å². The summed E-state index contributed by atoms with van der Waals surface area (Å²) in [5.74, 6) is -2.07. The predicted octanol–water partition coefficient (Wildman–Crippen LogP) is -0.277. The lowest BCUT2D eigenvalue weighted by Crippen LogP contribution is -2.54. The fraction of sp³-hybridized carbons (Fsp3) is 0.353. The summed E-state index contributed by atoms with van der Waals surface area (Å²) in [6.07, 6.45) is 1.13. The van der Waals surface area contributed by atoms with E-state index in [-0.39, 0.29) is 29.9 Å². The van der Waals surface area contributed by atoms with Crippen molar-refractivity contribution in [2.24, 2.45) is 5.92 Å². The van der Waals surface area contributed by atoms with E-state index < -0.39 is 29.7 Å². The Balaban J connectivity index is 1.60. The van der Waals surface area contributed by atoms with Crippen molar-refractivity contribution < 1.29 is 24.0 Å². The Morgan fingerprint density at radius 2 is 1.76 bits per heavy atom. The van der Waals surface area contributed by atoms with Crippen molar-refractivity contribution in [3.05, 3.63) is 29.3 Å². The summed E-state index contributed by atoms with van der Waals surface area (Å²) in [5.41, 5.74) is 1.27. The van der Waals surface area contributed by atoms with E-state index in [9.17, 15) is 24.0 Å². The Morgan fingerprint density at radius 1 is 1.04 bits per heavy atom. The SMILES string of the molecule is O=CC1CN(c2ccc3c(c2)C(=O)N(C2CCC(=O)NC2=O)C3=O)C1. The maximum absolute atomic E-state index is 12.7. The Kier molecular flexibility index (Phi) is 3.41. The number of imide groups is 2. The summed E-state index contributed by atoms with van der Waals surface area (Å²) < 4.78 is 0. The molecule has 1 atom stereocenters. The Morgan fingerprint density at radius 3 is 2.44 bits per heavy atom. The highest BCUT2D eigenvalue weighted by atomic mass is 16.2. The van der Waals surface area contributed by atoms with Gasteiger partial charge in [-0.3, -0.25) is 29.4 Å². The number of benzene rings is 1. The van der Waals surface area contributed by atoms with Gasteiger partial charge in [0.1, 0.15) is 12.3 Å². The quantitative estimate of drug-likeness (QED) is 0.599. The van der Waals surface area contributed by atoms with Crippen LogP contribution in [0.5, 0.6) is 0 Å². The molecule has 0 saturated carbocycles. The molecule has 2 fully saturated rings. The van der Waals surface area contributed by atoms with Crippen molar-refractivity contribution in [3.63, 3.8) is 0 Å². The van der Waals surface area contributed by atoms with Crippen LogP contribution in [0.25, 0.3) is 0 Å². The van der Waals surface area contributed by atoms with Gasteiger partial charge in [-0.2, -0.15) is 0 Å². The molecule has 1 N–H and O–H groups in total. The first-order valence-corrected chi connectivity index (χ1v) is 8.05. The Bertz CT molecular complexity index is 828. The van der Waals surface area contributed by atoms with Crippen LogP contribution in [0.2, 0.25) is 0 Å². The van der Waals surface area contributed by atoms with Crippen LogP contribution in [0.15, 0.2) is 18.2 Å². The normalized spacial score (nSPS) is 23.4. The number of carbonyl (C=O) groups is 5. The van der Waals surface area contributed by atoms with Gasteiger partial charge in [-0.05, 0) is 24.6 Å². The van der Waals surface area contributed by atoms with E-state index in [2.05, 4.69) is 5.32 Å². The smallest absolute Gasteiger partial charge is 0.262 e. The van der Waals surface area contributed by atoms with Gasteiger partial charge in [0.05, 0.1) is 11.1 Å². The van der Waals surface area contributed by atoms with Crippen molar-refractivity contribution in [1.82, 2.24) is 10.2 Å². The molecule has 8 nitrogen and oxygen atoms in total. The van der Waals surface area contributed by atoms with E-state index in [0.717, 1.165) is 16.9 Å². The van der Waals surface area contributed by atoms with Gasteiger partial charge < -0.3 is 9.69 Å². The minimum absolute atomic E-state index is 0.00874. The molecule has 3 aliphatic rings. The topological polar surface area (TPSA) is 104 Å². The molecule has 128 valence electrons. The highest BCUT2D eigenvalue weighted by Gasteiger charge is 2.44. The van der Waals surface area contributed by atoms with Gasteiger partial charge in [0.2, 0.25) is 11.8 Å². The molecule has 4 amide bonds. The van der Waals surface area contributed by atoms with Crippen LogP contribution in [0.3, 0.4) is 0 Å². The standard InChI is InChI=1S/C17H15N3O5/c21-8-9-6-19(7-9)10-1-2-11-12(5-10)17(25)20(16(11)24)13-3-4-14(22)18-15(13)23/h1-2,5,8-9,13H,3-4,6-7H2,(H,18,22,23). The van der Waals surface area contributed by atoms with Gasteiger partial charge in [0.25, 0.3) is 11.8 Å². The van der Waals surface area contributed by atoms with Gasteiger partial charge in [-0.15, -0.1) is 0 Å². The predicted molar refractivity (Wildman–Crippen MR) is 84.9 cm³/mol. The molecule has 4 rings (SSSR count). The van der Waals surface area contributed by atoms with Gasteiger partial charge in [0.15, 0.2) is 0 Å². The summed E-state index contributed by atoms with van der Waals surface area (Å²) in [4.78, 5) is 62.2. The third kappa shape index (κ3) is 2.33. The zero-order valence-corrected chi connectivity index (χ0v) is 13.2. The van der Waals surface area contributed by atoms with Crippen molar-refractivity contribution in [2.75, 3.05) is 18.0 Å². The molecule has 1 aromatic rings. The second kappa shape index (κ2) is 5.51. The first-order chi connectivity index (χ1) is 12.0. The van der Waals surface area contributed by atoms with Crippen LogP contribution in [0, 0.1) is 5.92 Å². The van der Waals surface area contributed by atoms with E-state index in [1.165, 1.54) is 0 Å². The number of anilines is 1. The molecule has 2 saturated heterocycles. The van der Waals surface area contributed by atoms with Gasteiger partial charge >= 0.3 is 0 Å². The minimum atomic E-state index is -0.961. The molecule has 0 aliphatic carbocycles. The highest BCUT2D eigenvalue weighted by Crippen LogP contribution is 2.32. The summed E-state index contributed by atoms with van der Waals surface area (Å²) in [6, 6.07) is 3.98. The zero-order valence-electron chi connectivity index (χ0n) is 13.2. The van der Waals surface area contributed by atoms with Crippen molar-refractivity contribution in [1.29, 1.82) is 0 Å². The van der Waals surface area contributed by atoms with Crippen LogP contribution in [-0.2, 0) is 14.4 Å². The van der Waals surface area contributed by atoms with E-state index >= 15 is 0 Å². The molecular weight excluding hydrogens is 326 g/mol. The first kappa shape index (κ1) is 15.5. The molecule has 3 aliphatic heterocycles. The molecule has 0 radical (unpaired) electrons.